The number of nitrogens with two attached hydrogens (primary N) is 1. The van der Waals surface area contributed by atoms with Crippen LogP contribution in [0.1, 0.15) is 27.2 Å². The molecule has 0 saturated heterocycles. The average Bonchev–Trinajstić information content (AvgIpc) is 2.40. The van der Waals surface area contributed by atoms with Crippen LogP contribution in [-0.4, -0.2) is 5.91 Å². The lowest BCUT2D eigenvalue weighted by molar-refractivity contribution is -0.124. The number of hydrogen-bond donors (Lipinski definition) is 2. The van der Waals surface area contributed by atoms with E-state index in [0.29, 0.717) is 0 Å². The van der Waals surface area contributed by atoms with E-state index in [1.807, 2.05) is 57.2 Å². The number of carbonyl (C=O) groups excluding carboxylic acids is 1. The lowest BCUT2D eigenvalue weighted by Crippen LogP contribution is -2.30. The van der Waals surface area contributed by atoms with Crippen molar-refractivity contribution >= 4 is 28.1 Å². The molecule has 0 unspecified atom stereocenters. The summed E-state index contributed by atoms with van der Waals surface area (Å²) < 4.78 is 0. The van der Waals surface area contributed by atoms with Crippen LogP contribution in [0.15, 0.2) is 36.4 Å². The van der Waals surface area contributed by atoms with Gasteiger partial charge in [-0.15, -0.1) is 0 Å². The highest BCUT2D eigenvalue weighted by Gasteiger charge is 2.25. The molecule has 2 aromatic rings. The molecular weight excluding hydrogens is 236 g/mol. The van der Waals surface area contributed by atoms with Gasteiger partial charge >= 0.3 is 0 Å². The molecule has 3 heteroatoms. The van der Waals surface area contributed by atoms with Crippen LogP contribution in [-0.2, 0) is 4.79 Å². The van der Waals surface area contributed by atoms with Crippen molar-refractivity contribution < 1.29 is 4.79 Å². The Labute approximate surface area is 113 Å². The van der Waals surface area contributed by atoms with Crippen molar-refractivity contribution in [3.8, 4) is 0 Å². The number of anilines is 2. The van der Waals surface area contributed by atoms with Gasteiger partial charge in [-0.1, -0.05) is 45.0 Å². The van der Waals surface area contributed by atoms with E-state index in [0.717, 1.165) is 28.6 Å². The number of nitrogens with one attached hydrogen (secondary N) is 1. The molecule has 0 saturated carbocycles. The van der Waals surface area contributed by atoms with Crippen molar-refractivity contribution in [2.45, 2.75) is 27.2 Å². The molecule has 0 heterocycles. The fraction of sp³-hybridized carbons (Fsp3) is 0.312. The number of carbonyl (C=O) groups is 1. The number of nitrogen functional groups attached to an aromatic ring is 1. The molecule has 2 rings (SSSR count). The maximum atomic E-state index is 12.3. The fourth-order valence-electron chi connectivity index (χ4n) is 1.90. The first-order chi connectivity index (χ1) is 8.95. The van der Waals surface area contributed by atoms with Crippen LogP contribution in [0.3, 0.4) is 0 Å². The predicted octanol–water partition coefficient (Wildman–Crippen LogP) is 3.80. The Morgan fingerprint density at radius 2 is 1.79 bits per heavy atom. The molecule has 0 radical (unpaired) electrons. The van der Waals surface area contributed by atoms with Gasteiger partial charge in [0.25, 0.3) is 0 Å². The van der Waals surface area contributed by atoms with Gasteiger partial charge in [-0.05, 0) is 18.6 Å². The van der Waals surface area contributed by atoms with Crippen LogP contribution in [0.5, 0.6) is 0 Å². The summed E-state index contributed by atoms with van der Waals surface area (Å²) >= 11 is 0. The topological polar surface area (TPSA) is 55.1 Å². The minimum atomic E-state index is -0.373. The van der Waals surface area contributed by atoms with Crippen molar-refractivity contribution in [1.82, 2.24) is 0 Å². The van der Waals surface area contributed by atoms with Gasteiger partial charge < -0.3 is 11.1 Å². The average molecular weight is 256 g/mol. The van der Waals surface area contributed by atoms with Crippen LogP contribution in [0, 0.1) is 5.41 Å². The van der Waals surface area contributed by atoms with E-state index in [1.54, 1.807) is 0 Å². The minimum Gasteiger partial charge on any atom is -0.398 e. The van der Waals surface area contributed by atoms with Crippen molar-refractivity contribution in [1.29, 1.82) is 0 Å². The summed E-state index contributed by atoms with van der Waals surface area (Å²) in [5.41, 5.74) is 7.12. The molecule has 1 amide bonds. The molecule has 0 atom stereocenters. The third-order valence-electron chi connectivity index (χ3n) is 3.70. The third kappa shape index (κ3) is 2.55. The van der Waals surface area contributed by atoms with Crippen molar-refractivity contribution in [3.05, 3.63) is 36.4 Å². The fourth-order valence-corrected chi connectivity index (χ4v) is 1.90. The number of fused-ring (bicyclic) bond motifs is 1. The Morgan fingerprint density at radius 3 is 2.47 bits per heavy atom. The Hall–Kier alpha value is -2.03. The van der Waals surface area contributed by atoms with E-state index < -0.39 is 0 Å². The highest BCUT2D eigenvalue weighted by atomic mass is 16.2. The normalized spacial score (nSPS) is 11.5. The lowest BCUT2D eigenvalue weighted by atomic mass is 9.89. The second kappa shape index (κ2) is 4.92. The molecule has 0 aliphatic carbocycles. The number of hydrogen-bond acceptors (Lipinski definition) is 2. The van der Waals surface area contributed by atoms with Gasteiger partial charge in [0.1, 0.15) is 0 Å². The maximum absolute atomic E-state index is 12.3. The highest BCUT2D eigenvalue weighted by Crippen LogP contribution is 2.29. The standard InChI is InChI=1S/C16H20N2O/c1-4-16(2,3)15(19)18-14-10-6-7-11-12(14)8-5-9-13(11)17/h5-10H,4,17H2,1-3H3,(H,18,19). The van der Waals surface area contributed by atoms with E-state index >= 15 is 0 Å². The molecule has 0 aliphatic heterocycles. The van der Waals surface area contributed by atoms with Gasteiger partial charge in [0.05, 0.1) is 0 Å². The molecule has 0 aliphatic rings. The summed E-state index contributed by atoms with van der Waals surface area (Å²) in [7, 11) is 0. The molecule has 19 heavy (non-hydrogen) atoms. The molecule has 3 nitrogen and oxygen atoms in total. The van der Waals surface area contributed by atoms with E-state index in [2.05, 4.69) is 5.32 Å². The number of rotatable bonds is 3. The Balaban J connectivity index is 2.42. The number of benzene rings is 2. The largest absolute Gasteiger partial charge is 0.398 e. The van der Waals surface area contributed by atoms with Gasteiger partial charge in [-0.3, -0.25) is 4.79 Å². The van der Waals surface area contributed by atoms with Crippen LogP contribution in [0.25, 0.3) is 10.8 Å². The molecule has 0 spiro atoms. The molecule has 0 aromatic heterocycles. The summed E-state index contributed by atoms with van der Waals surface area (Å²) in [6.07, 6.45) is 0.797. The Kier molecular flexibility index (Phi) is 3.47. The van der Waals surface area contributed by atoms with Crippen molar-refractivity contribution in [2.24, 2.45) is 5.41 Å². The maximum Gasteiger partial charge on any atom is 0.230 e. The summed E-state index contributed by atoms with van der Waals surface area (Å²) in [5, 5.41) is 4.95. The third-order valence-corrected chi connectivity index (χ3v) is 3.70. The summed E-state index contributed by atoms with van der Waals surface area (Å²) in [5.74, 6) is 0.0323. The summed E-state index contributed by atoms with van der Waals surface area (Å²) in [4.78, 5) is 12.3. The van der Waals surface area contributed by atoms with E-state index in [-0.39, 0.29) is 11.3 Å². The van der Waals surface area contributed by atoms with E-state index in [1.165, 1.54) is 0 Å². The van der Waals surface area contributed by atoms with Gasteiger partial charge in [0, 0.05) is 27.6 Å². The molecule has 3 N–H and O–H groups in total. The highest BCUT2D eigenvalue weighted by molar-refractivity contribution is 6.06. The zero-order valence-corrected chi connectivity index (χ0v) is 11.7. The zero-order chi connectivity index (χ0) is 14.0. The minimum absolute atomic E-state index is 0.0323. The SMILES string of the molecule is CCC(C)(C)C(=O)Nc1cccc2c(N)cccc12. The molecule has 0 fully saturated rings. The number of amides is 1. The molecule has 2 aromatic carbocycles. The molecule has 0 bridgehead atoms. The van der Waals surface area contributed by atoms with Gasteiger partial charge in [-0.2, -0.15) is 0 Å². The van der Waals surface area contributed by atoms with Gasteiger partial charge in [-0.25, -0.2) is 0 Å². The first-order valence-electron chi connectivity index (χ1n) is 6.54. The second-order valence-corrected chi connectivity index (χ2v) is 5.44. The summed E-state index contributed by atoms with van der Waals surface area (Å²) in [6.45, 7) is 5.91. The quantitative estimate of drug-likeness (QED) is 0.821. The van der Waals surface area contributed by atoms with Crippen LogP contribution >= 0.6 is 0 Å². The molecule has 100 valence electrons. The van der Waals surface area contributed by atoms with Crippen molar-refractivity contribution in [2.75, 3.05) is 11.1 Å². The molecular formula is C16H20N2O. The van der Waals surface area contributed by atoms with Gasteiger partial charge in [0.15, 0.2) is 0 Å². The van der Waals surface area contributed by atoms with Crippen LogP contribution < -0.4 is 11.1 Å². The second-order valence-electron chi connectivity index (χ2n) is 5.44. The van der Waals surface area contributed by atoms with Gasteiger partial charge in [0.2, 0.25) is 5.91 Å². The Morgan fingerprint density at radius 1 is 1.16 bits per heavy atom. The smallest absolute Gasteiger partial charge is 0.230 e. The first kappa shape index (κ1) is 13.4. The van der Waals surface area contributed by atoms with Crippen LogP contribution in [0.4, 0.5) is 11.4 Å². The van der Waals surface area contributed by atoms with E-state index in [9.17, 15) is 4.79 Å². The summed E-state index contributed by atoms with van der Waals surface area (Å²) in [6, 6.07) is 11.5. The lowest BCUT2D eigenvalue weighted by Gasteiger charge is -2.22. The van der Waals surface area contributed by atoms with Crippen LogP contribution in [0.2, 0.25) is 0 Å². The monoisotopic (exact) mass is 256 g/mol. The Bertz CT molecular complexity index is 617. The predicted molar refractivity (Wildman–Crippen MR) is 81.1 cm³/mol. The van der Waals surface area contributed by atoms with Crippen molar-refractivity contribution in [3.63, 3.8) is 0 Å². The van der Waals surface area contributed by atoms with E-state index in [4.69, 9.17) is 5.73 Å². The first-order valence-corrected chi connectivity index (χ1v) is 6.54. The zero-order valence-electron chi connectivity index (χ0n) is 11.7.